The second-order valence-electron chi connectivity index (χ2n) is 4.19. The molecule has 1 fully saturated rings. The minimum atomic E-state index is 0.580. The molecule has 1 aliphatic rings. The zero-order valence-corrected chi connectivity index (χ0v) is 10.7. The largest absolute Gasteiger partial charge is 0.383 e. The van der Waals surface area contributed by atoms with Crippen LogP contribution in [-0.2, 0) is 4.74 Å². The summed E-state index contributed by atoms with van der Waals surface area (Å²) in [6, 6.07) is 3.77. The normalized spacial score (nSPS) is 20.1. The van der Waals surface area contributed by atoms with Crippen LogP contribution in [0.5, 0.6) is 0 Å². The first-order chi connectivity index (χ1) is 7.66. The van der Waals surface area contributed by atoms with E-state index in [1.807, 2.05) is 19.1 Å². The Hall–Kier alpha value is -0.440. The minimum Gasteiger partial charge on any atom is -0.383 e. The van der Waals surface area contributed by atoms with Crippen LogP contribution in [0, 0.1) is 12.8 Å². The molecule has 1 unspecified atom stereocenters. The molecule has 2 rings (SSSR count). The first-order valence-corrected chi connectivity index (χ1v) is 6.19. The average molecular weight is 260 g/mol. The summed E-state index contributed by atoms with van der Waals surface area (Å²) in [4.78, 5) is 0. The summed E-state index contributed by atoms with van der Waals surface area (Å²) in [5.41, 5.74) is 1.91. The molecule has 4 heteroatoms. The first-order valence-electron chi connectivity index (χ1n) is 5.44. The van der Waals surface area contributed by atoms with Crippen LogP contribution in [0.3, 0.4) is 0 Å². The van der Waals surface area contributed by atoms with E-state index >= 15 is 0 Å². The highest BCUT2D eigenvalue weighted by Gasteiger charge is 2.15. The molecule has 16 heavy (non-hydrogen) atoms. The van der Waals surface area contributed by atoms with Gasteiger partial charge in [0, 0.05) is 24.1 Å². The van der Waals surface area contributed by atoms with Crippen LogP contribution < -0.4 is 5.32 Å². The van der Waals surface area contributed by atoms with Gasteiger partial charge in [-0.05, 0) is 31.0 Å². The van der Waals surface area contributed by atoms with E-state index in [2.05, 4.69) is 5.32 Å². The van der Waals surface area contributed by atoms with Crippen molar-refractivity contribution in [3.05, 3.63) is 27.7 Å². The van der Waals surface area contributed by atoms with Crippen molar-refractivity contribution >= 4 is 28.9 Å². The third kappa shape index (κ3) is 2.82. The molecule has 1 aliphatic heterocycles. The molecule has 0 aromatic heterocycles. The summed E-state index contributed by atoms with van der Waals surface area (Å²) in [5, 5.41) is 4.79. The third-order valence-electron chi connectivity index (χ3n) is 2.85. The molecule has 88 valence electrons. The highest BCUT2D eigenvalue weighted by Crippen LogP contribution is 2.29. The molecule has 0 spiro atoms. The summed E-state index contributed by atoms with van der Waals surface area (Å²) in [7, 11) is 0. The quantitative estimate of drug-likeness (QED) is 0.893. The Kier molecular flexibility index (Phi) is 3.95. The van der Waals surface area contributed by atoms with Crippen molar-refractivity contribution in [2.24, 2.45) is 5.92 Å². The van der Waals surface area contributed by atoms with Crippen molar-refractivity contribution < 1.29 is 4.74 Å². The zero-order chi connectivity index (χ0) is 11.5. The van der Waals surface area contributed by atoms with E-state index in [-0.39, 0.29) is 0 Å². The van der Waals surface area contributed by atoms with E-state index in [9.17, 15) is 0 Å². The summed E-state index contributed by atoms with van der Waals surface area (Å²) in [6.45, 7) is 4.54. The molecule has 0 aliphatic carbocycles. The van der Waals surface area contributed by atoms with Crippen molar-refractivity contribution in [1.82, 2.24) is 0 Å². The van der Waals surface area contributed by atoms with Gasteiger partial charge in [-0.1, -0.05) is 23.2 Å². The van der Waals surface area contributed by atoms with E-state index in [1.165, 1.54) is 0 Å². The van der Waals surface area contributed by atoms with Gasteiger partial charge in [-0.15, -0.1) is 0 Å². The molecule has 0 bridgehead atoms. The summed E-state index contributed by atoms with van der Waals surface area (Å²) in [5.74, 6) is 0.580. The van der Waals surface area contributed by atoms with E-state index in [4.69, 9.17) is 27.9 Å². The fraction of sp³-hybridized carbons (Fsp3) is 0.500. The molecular formula is C12H15Cl2NO. The van der Waals surface area contributed by atoms with Gasteiger partial charge in [-0.3, -0.25) is 0 Å². The fourth-order valence-corrected chi connectivity index (χ4v) is 2.23. The smallest absolute Gasteiger partial charge is 0.0641 e. The fourth-order valence-electron chi connectivity index (χ4n) is 1.78. The van der Waals surface area contributed by atoms with Gasteiger partial charge in [0.25, 0.3) is 0 Å². The van der Waals surface area contributed by atoms with Crippen molar-refractivity contribution in [1.29, 1.82) is 0 Å². The SMILES string of the molecule is Cc1cc(Cl)c(NCC2CCOC2)cc1Cl. The van der Waals surface area contributed by atoms with Crippen molar-refractivity contribution in [2.45, 2.75) is 13.3 Å². The molecule has 1 atom stereocenters. The standard InChI is InChI=1S/C12H15Cl2NO/c1-8-4-11(14)12(5-10(8)13)15-6-9-2-3-16-7-9/h4-5,9,15H,2-3,6-7H2,1H3. The number of ether oxygens (including phenoxy) is 1. The Morgan fingerprint density at radius 1 is 1.38 bits per heavy atom. The molecule has 1 N–H and O–H groups in total. The van der Waals surface area contributed by atoms with Crippen LogP contribution in [0.25, 0.3) is 0 Å². The molecule has 0 amide bonds. The first kappa shape index (κ1) is 12.0. The molecule has 0 radical (unpaired) electrons. The number of nitrogens with one attached hydrogen (secondary N) is 1. The van der Waals surface area contributed by atoms with Crippen molar-refractivity contribution in [2.75, 3.05) is 25.1 Å². The van der Waals surface area contributed by atoms with E-state index in [1.54, 1.807) is 0 Å². The Bertz CT molecular complexity index is 376. The van der Waals surface area contributed by atoms with Gasteiger partial charge in [0.05, 0.1) is 17.3 Å². The summed E-state index contributed by atoms with van der Waals surface area (Å²) >= 11 is 12.2. The van der Waals surface area contributed by atoms with Gasteiger partial charge in [0.15, 0.2) is 0 Å². The number of hydrogen-bond acceptors (Lipinski definition) is 2. The minimum absolute atomic E-state index is 0.580. The van der Waals surface area contributed by atoms with Gasteiger partial charge in [-0.2, -0.15) is 0 Å². The second kappa shape index (κ2) is 5.26. The van der Waals surface area contributed by atoms with Gasteiger partial charge in [0.2, 0.25) is 0 Å². The van der Waals surface area contributed by atoms with Gasteiger partial charge < -0.3 is 10.1 Å². The van der Waals surface area contributed by atoms with Crippen LogP contribution in [-0.4, -0.2) is 19.8 Å². The maximum atomic E-state index is 6.13. The average Bonchev–Trinajstić information content (AvgIpc) is 2.74. The molecule has 1 heterocycles. The lowest BCUT2D eigenvalue weighted by Crippen LogP contribution is -2.14. The monoisotopic (exact) mass is 259 g/mol. The molecule has 1 aromatic carbocycles. The number of halogens is 2. The molecule has 0 saturated carbocycles. The molecular weight excluding hydrogens is 245 g/mol. The molecule has 1 saturated heterocycles. The molecule has 2 nitrogen and oxygen atoms in total. The van der Waals surface area contributed by atoms with Crippen molar-refractivity contribution in [3.63, 3.8) is 0 Å². The lowest BCUT2D eigenvalue weighted by molar-refractivity contribution is 0.187. The zero-order valence-electron chi connectivity index (χ0n) is 9.22. The van der Waals surface area contributed by atoms with Crippen LogP contribution in [0.15, 0.2) is 12.1 Å². The van der Waals surface area contributed by atoms with E-state index in [0.717, 1.165) is 47.5 Å². The summed E-state index contributed by atoms with van der Waals surface area (Å²) in [6.07, 6.45) is 1.12. The van der Waals surface area contributed by atoms with Crippen LogP contribution >= 0.6 is 23.2 Å². The summed E-state index contributed by atoms with van der Waals surface area (Å²) < 4.78 is 5.32. The third-order valence-corrected chi connectivity index (χ3v) is 3.57. The van der Waals surface area contributed by atoms with Gasteiger partial charge >= 0.3 is 0 Å². The number of hydrogen-bond donors (Lipinski definition) is 1. The van der Waals surface area contributed by atoms with Crippen LogP contribution in [0.4, 0.5) is 5.69 Å². The molecule has 1 aromatic rings. The van der Waals surface area contributed by atoms with Crippen LogP contribution in [0.2, 0.25) is 10.0 Å². The predicted molar refractivity (Wildman–Crippen MR) is 68.6 cm³/mol. The maximum Gasteiger partial charge on any atom is 0.0641 e. The lowest BCUT2D eigenvalue weighted by Gasteiger charge is -2.13. The van der Waals surface area contributed by atoms with E-state index in [0.29, 0.717) is 5.92 Å². The highest BCUT2D eigenvalue weighted by atomic mass is 35.5. The van der Waals surface area contributed by atoms with Gasteiger partial charge in [0.1, 0.15) is 0 Å². The maximum absolute atomic E-state index is 6.13. The highest BCUT2D eigenvalue weighted by molar-refractivity contribution is 6.35. The second-order valence-corrected chi connectivity index (χ2v) is 5.01. The predicted octanol–water partition coefficient (Wildman–Crippen LogP) is 3.75. The van der Waals surface area contributed by atoms with Crippen molar-refractivity contribution in [3.8, 4) is 0 Å². The lowest BCUT2D eigenvalue weighted by atomic mass is 10.1. The van der Waals surface area contributed by atoms with E-state index < -0.39 is 0 Å². The topological polar surface area (TPSA) is 21.3 Å². The van der Waals surface area contributed by atoms with Crippen LogP contribution in [0.1, 0.15) is 12.0 Å². The number of rotatable bonds is 3. The number of anilines is 1. The van der Waals surface area contributed by atoms with Gasteiger partial charge in [-0.25, -0.2) is 0 Å². The Morgan fingerprint density at radius 3 is 2.88 bits per heavy atom. The Balaban J connectivity index is 2.00. The Labute approximate surface area is 106 Å². The Morgan fingerprint density at radius 2 is 2.19 bits per heavy atom. The number of benzene rings is 1. The number of aryl methyl sites for hydroxylation is 1.